The number of hydrogen-bond acceptors (Lipinski definition) is 4. The van der Waals surface area contributed by atoms with Gasteiger partial charge in [0.05, 0.1) is 13.0 Å². The number of carbonyl (C=O) groups is 2. The van der Waals surface area contributed by atoms with Crippen LogP contribution >= 0.6 is 11.6 Å². The Bertz CT molecular complexity index is 806. The van der Waals surface area contributed by atoms with Crippen LogP contribution in [-0.2, 0) is 16.1 Å². The number of likely N-dealkylation sites (tertiary alicyclic amines) is 1. The average Bonchev–Trinajstić information content (AvgIpc) is 2.75. The predicted molar refractivity (Wildman–Crippen MR) is 112 cm³/mol. The summed E-state index contributed by atoms with van der Waals surface area (Å²) in [4.78, 5) is 32.7. The van der Waals surface area contributed by atoms with Crippen molar-refractivity contribution in [2.75, 3.05) is 26.7 Å². The highest BCUT2D eigenvalue weighted by molar-refractivity contribution is 6.29. The number of ether oxygens (including phenoxy) is 1. The zero-order valence-corrected chi connectivity index (χ0v) is 17.3. The van der Waals surface area contributed by atoms with Crippen molar-refractivity contribution in [3.05, 3.63) is 59.4 Å². The molecule has 0 unspecified atom stereocenters. The molecule has 0 bridgehead atoms. The highest BCUT2D eigenvalue weighted by Crippen LogP contribution is 2.21. The smallest absolute Gasteiger partial charge is 0.225 e. The summed E-state index contributed by atoms with van der Waals surface area (Å²) in [5.41, 5.74) is 0.941. The summed E-state index contributed by atoms with van der Waals surface area (Å²) in [6.45, 7) is 2.08. The van der Waals surface area contributed by atoms with Gasteiger partial charge in [0.1, 0.15) is 10.9 Å². The summed E-state index contributed by atoms with van der Waals surface area (Å²) in [6.07, 6.45) is 3.41. The number of benzene rings is 1. The molecular formula is C22H26ClN3O3. The van der Waals surface area contributed by atoms with E-state index in [1.165, 1.54) is 0 Å². The minimum Gasteiger partial charge on any atom is -0.493 e. The molecule has 2 heterocycles. The molecule has 1 aliphatic heterocycles. The number of halogens is 1. The van der Waals surface area contributed by atoms with E-state index in [1.807, 2.05) is 41.3 Å². The summed E-state index contributed by atoms with van der Waals surface area (Å²) in [6, 6.07) is 13.1. The largest absolute Gasteiger partial charge is 0.493 e. The number of aromatic nitrogens is 1. The summed E-state index contributed by atoms with van der Waals surface area (Å²) >= 11 is 5.80. The number of nitrogens with zero attached hydrogens (tertiary/aromatic N) is 3. The fraction of sp³-hybridized carbons (Fsp3) is 0.409. The third-order valence-electron chi connectivity index (χ3n) is 5.11. The van der Waals surface area contributed by atoms with Gasteiger partial charge in [-0.25, -0.2) is 4.98 Å². The van der Waals surface area contributed by atoms with Crippen molar-refractivity contribution < 1.29 is 14.3 Å². The SMILES string of the molecule is CN(Cc1ccc(Cl)nc1)C(=O)C1CCN(C(=O)CCOc2ccccc2)CC1. The lowest BCUT2D eigenvalue weighted by atomic mass is 9.95. The minimum absolute atomic E-state index is 0.0510. The van der Waals surface area contributed by atoms with Gasteiger partial charge in [0.15, 0.2) is 0 Å². The lowest BCUT2D eigenvalue weighted by Gasteiger charge is -2.33. The molecule has 2 aromatic rings. The molecule has 0 atom stereocenters. The molecule has 1 saturated heterocycles. The number of para-hydroxylation sites is 1. The van der Waals surface area contributed by atoms with E-state index in [9.17, 15) is 9.59 Å². The first-order valence-corrected chi connectivity index (χ1v) is 10.2. The third kappa shape index (κ3) is 6.19. The van der Waals surface area contributed by atoms with Crippen molar-refractivity contribution in [3.63, 3.8) is 0 Å². The van der Waals surface area contributed by atoms with Crippen molar-refractivity contribution in [3.8, 4) is 5.75 Å². The van der Waals surface area contributed by atoms with E-state index in [2.05, 4.69) is 4.98 Å². The summed E-state index contributed by atoms with van der Waals surface area (Å²) in [5.74, 6) is 0.903. The highest BCUT2D eigenvalue weighted by atomic mass is 35.5. The van der Waals surface area contributed by atoms with Crippen LogP contribution in [0.3, 0.4) is 0 Å². The highest BCUT2D eigenvalue weighted by Gasteiger charge is 2.29. The maximum atomic E-state index is 12.7. The van der Waals surface area contributed by atoms with Gasteiger partial charge < -0.3 is 14.5 Å². The van der Waals surface area contributed by atoms with Crippen LogP contribution < -0.4 is 4.74 Å². The maximum absolute atomic E-state index is 12.7. The van der Waals surface area contributed by atoms with E-state index < -0.39 is 0 Å². The lowest BCUT2D eigenvalue weighted by molar-refractivity contribution is -0.140. The Hall–Kier alpha value is -2.60. The molecule has 7 heteroatoms. The Balaban J connectivity index is 1.40. The Morgan fingerprint density at radius 1 is 1.17 bits per heavy atom. The van der Waals surface area contributed by atoms with Crippen LogP contribution in [0.2, 0.25) is 5.15 Å². The Labute approximate surface area is 176 Å². The van der Waals surface area contributed by atoms with Gasteiger partial charge in [-0.2, -0.15) is 0 Å². The molecule has 2 amide bonds. The first kappa shape index (κ1) is 21.1. The van der Waals surface area contributed by atoms with Crippen LogP contribution in [0.5, 0.6) is 5.75 Å². The minimum atomic E-state index is -0.0510. The molecule has 6 nitrogen and oxygen atoms in total. The molecule has 0 N–H and O–H groups in total. The van der Waals surface area contributed by atoms with E-state index in [1.54, 1.807) is 24.2 Å². The normalized spacial score (nSPS) is 14.5. The quantitative estimate of drug-likeness (QED) is 0.650. The van der Waals surface area contributed by atoms with Crippen LogP contribution in [0.25, 0.3) is 0 Å². The predicted octanol–water partition coefficient (Wildman–Crippen LogP) is 3.40. The molecule has 0 radical (unpaired) electrons. The van der Waals surface area contributed by atoms with Gasteiger partial charge in [0.2, 0.25) is 11.8 Å². The van der Waals surface area contributed by atoms with Gasteiger partial charge >= 0.3 is 0 Å². The van der Waals surface area contributed by atoms with Gasteiger partial charge in [0.25, 0.3) is 0 Å². The molecule has 154 valence electrons. The number of hydrogen-bond donors (Lipinski definition) is 0. The van der Waals surface area contributed by atoms with E-state index in [0.29, 0.717) is 50.7 Å². The Morgan fingerprint density at radius 3 is 2.55 bits per heavy atom. The van der Waals surface area contributed by atoms with Crippen LogP contribution in [-0.4, -0.2) is 53.3 Å². The van der Waals surface area contributed by atoms with Crippen LogP contribution in [0.15, 0.2) is 48.7 Å². The third-order valence-corrected chi connectivity index (χ3v) is 5.33. The Kier molecular flexibility index (Phi) is 7.47. The van der Waals surface area contributed by atoms with E-state index >= 15 is 0 Å². The number of piperidine rings is 1. The lowest BCUT2D eigenvalue weighted by Crippen LogP contribution is -2.43. The number of pyridine rings is 1. The fourth-order valence-corrected chi connectivity index (χ4v) is 3.58. The van der Waals surface area contributed by atoms with Crippen molar-refractivity contribution in [1.29, 1.82) is 0 Å². The van der Waals surface area contributed by atoms with Gasteiger partial charge in [-0.15, -0.1) is 0 Å². The molecule has 0 spiro atoms. The van der Waals surface area contributed by atoms with E-state index in [4.69, 9.17) is 16.3 Å². The zero-order chi connectivity index (χ0) is 20.6. The van der Waals surface area contributed by atoms with E-state index in [0.717, 1.165) is 11.3 Å². The molecule has 29 heavy (non-hydrogen) atoms. The van der Waals surface area contributed by atoms with Gasteiger partial charge in [-0.05, 0) is 36.6 Å². The fourth-order valence-electron chi connectivity index (χ4n) is 3.47. The first-order chi connectivity index (χ1) is 14.0. The molecule has 1 fully saturated rings. The molecule has 0 aliphatic carbocycles. The average molecular weight is 416 g/mol. The van der Waals surface area contributed by atoms with Crippen molar-refractivity contribution in [1.82, 2.24) is 14.8 Å². The summed E-state index contributed by atoms with van der Waals surface area (Å²) in [5, 5.41) is 0.439. The van der Waals surface area contributed by atoms with Gasteiger partial charge in [-0.1, -0.05) is 35.9 Å². The van der Waals surface area contributed by atoms with Crippen LogP contribution in [0.4, 0.5) is 0 Å². The molecule has 3 rings (SSSR count). The summed E-state index contributed by atoms with van der Waals surface area (Å²) < 4.78 is 5.60. The second-order valence-electron chi connectivity index (χ2n) is 7.25. The van der Waals surface area contributed by atoms with Crippen molar-refractivity contribution in [2.45, 2.75) is 25.8 Å². The number of carbonyl (C=O) groups excluding carboxylic acids is 2. The van der Waals surface area contributed by atoms with E-state index in [-0.39, 0.29) is 17.7 Å². The van der Waals surface area contributed by atoms with Crippen LogP contribution in [0.1, 0.15) is 24.8 Å². The molecule has 1 aliphatic rings. The topological polar surface area (TPSA) is 62.7 Å². The molecule has 1 aromatic carbocycles. The van der Waals surface area contributed by atoms with Gasteiger partial charge in [0, 0.05) is 38.8 Å². The monoisotopic (exact) mass is 415 g/mol. The number of amides is 2. The number of rotatable bonds is 7. The second-order valence-corrected chi connectivity index (χ2v) is 7.64. The van der Waals surface area contributed by atoms with Gasteiger partial charge in [-0.3, -0.25) is 9.59 Å². The Morgan fingerprint density at radius 2 is 1.90 bits per heavy atom. The first-order valence-electron chi connectivity index (χ1n) is 9.84. The second kappa shape index (κ2) is 10.3. The van der Waals surface area contributed by atoms with Crippen LogP contribution in [0, 0.1) is 5.92 Å². The van der Waals surface area contributed by atoms with Crippen molar-refractivity contribution in [2.24, 2.45) is 5.92 Å². The summed E-state index contributed by atoms with van der Waals surface area (Å²) in [7, 11) is 1.80. The zero-order valence-electron chi connectivity index (χ0n) is 16.6. The van der Waals surface area contributed by atoms with Crippen molar-refractivity contribution >= 4 is 23.4 Å². The standard InChI is InChI=1S/C22H26ClN3O3/c1-25(16-17-7-8-20(23)24-15-17)22(28)18-9-12-26(13-10-18)21(27)11-14-29-19-5-3-2-4-6-19/h2-8,15,18H,9-14,16H2,1H3. The maximum Gasteiger partial charge on any atom is 0.225 e. The molecule has 0 saturated carbocycles. The molecular weight excluding hydrogens is 390 g/mol. The molecule has 1 aromatic heterocycles.